The van der Waals surface area contributed by atoms with Crippen LogP contribution in [0.5, 0.6) is 11.5 Å². The Morgan fingerprint density at radius 1 is 1.10 bits per heavy atom. The number of methoxy groups -OCH3 is 1. The molecule has 0 amide bonds. The second-order valence-corrected chi connectivity index (χ2v) is 8.62. The zero-order valence-electron chi connectivity index (χ0n) is 16.7. The summed E-state index contributed by atoms with van der Waals surface area (Å²) >= 11 is 8.04. The van der Waals surface area contributed by atoms with E-state index >= 15 is 0 Å². The fraction of sp³-hybridized carbons (Fsp3) is 0.208. The van der Waals surface area contributed by atoms with Crippen molar-refractivity contribution in [3.8, 4) is 11.5 Å². The van der Waals surface area contributed by atoms with E-state index in [1.165, 1.54) is 4.90 Å². The molecule has 0 spiro atoms. The molecule has 0 N–H and O–H groups in total. The van der Waals surface area contributed by atoms with Crippen molar-refractivity contribution in [2.24, 2.45) is 5.10 Å². The summed E-state index contributed by atoms with van der Waals surface area (Å²) in [5.74, 6) is 1.69. The van der Waals surface area contributed by atoms with Crippen molar-refractivity contribution in [3.05, 3.63) is 88.4 Å². The predicted octanol–water partition coefficient (Wildman–Crippen LogP) is 6.31. The van der Waals surface area contributed by atoms with Crippen molar-refractivity contribution in [3.63, 3.8) is 0 Å². The third-order valence-electron chi connectivity index (χ3n) is 5.56. The Balaban J connectivity index is 1.58. The van der Waals surface area contributed by atoms with Crippen LogP contribution in [-0.2, 0) is 0 Å². The third-order valence-corrected chi connectivity index (χ3v) is 6.53. The number of halogens is 1. The summed E-state index contributed by atoms with van der Waals surface area (Å²) in [6, 6.07) is 22.4. The van der Waals surface area contributed by atoms with Crippen LogP contribution in [0.4, 0.5) is 0 Å². The van der Waals surface area contributed by atoms with Crippen molar-refractivity contribution in [2.45, 2.75) is 23.6 Å². The third kappa shape index (κ3) is 3.42. The summed E-state index contributed by atoms with van der Waals surface area (Å²) in [4.78, 5) is 1.22. The van der Waals surface area contributed by atoms with Crippen molar-refractivity contribution in [2.75, 3.05) is 13.4 Å². The summed E-state index contributed by atoms with van der Waals surface area (Å²) < 4.78 is 11.8. The molecule has 0 unspecified atom stereocenters. The Hall–Kier alpha value is -2.63. The van der Waals surface area contributed by atoms with E-state index in [2.05, 4.69) is 41.6 Å². The van der Waals surface area contributed by atoms with Crippen LogP contribution in [0.2, 0.25) is 5.02 Å². The summed E-state index contributed by atoms with van der Waals surface area (Å²) in [6.07, 6.45) is 2.57. The zero-order valence-corrected chi connectivity index (χ0v) is 18.3. The first-order valence-electron chi connectivity index (χ1n) is 9.76. The highest BCUT2D eigenvalue weighted by Crippen LogP contribution is 2.48. The first-order chi connectivity index (χ1) is 14.7. The van der Waals surface area contributed by atoms with E-state index in [0.717, 1.165) is 40.3 Å². The maximum Gasteiger partial charge on any atom is 0.213 e. The maximum absolute atomic E-state index is 6.42. The minimum atomic E-state index is -0.289. The van der Waals surface area contributed by atoms with Gasteiger partial charge in [0.1, 0.15) is 11.5 Å². The summed E-state index contributed by atoms with van der Waals surface area (Å²) in [5.41, 5.74) is 4.22. The van der Waals surface area contributed by atoms with E-state index in [4.69, 9.17) is 26.2 Å². The molecule has 0 saturated heterocycles. The number of thioether (sulfide) groups is 1. The number of hydrogen-bond acceptors (Lipinski definition) is 5. The van der Waals surface area contributed by atoms with Crippen LogP contribution in [0.1, 0.15) is 35.4 Å². The second-order valence-electron chi connectivity index (χ2n) is 7.30. The number of rotatable bonds is 4. The maximum atomic E-state index is 6.42. The number of fused-ring (bicyclic) bond motifs is 3. The molecular weight excluding hydrogens is 416 g/mol. The fourth-order valence-electron chi connectivity index (χ4n) is 4.02. The smallest absolute Gasteiger partial charge is 0.213 e. The highest BCUT2D eigenvalue weighted by Gasteiger charge is 2.41. The Morgan fingerprint density at radius 3 is 2.70 bits per heavy atom. The van der Waals surface area contributed by atoms with Gasteiger partial charge < -0.3 is 9.47 Å². The normalized spacial score (nSPS) is 19.6. The predicted molar refractivity (Wildman–Crippen MR) is 122 cm³/mol. The zero-order chi connectivity index (χ0) is 20.7. The van der Waals surface area contributed by atoms with E-state index in [1.807, 2.05) is 36.4 Å². The van der Waals surface area contributed by atoms with Gasteiger partial charge in [-0.05, 0) is 48.7 Å². The Labute approximate surface area is 185 Å². The minimum Gasteiger partial charge on any atom is -0.497 e. The van der Waals surface area contributed by atoms with Gasteiger partial charge in [-0.15, -0.1) is 11.8 Å². The lowest BCUT2D eigenvalue weighted by atomic mass is 9.96. The average Bonchev–Trinajstić information content (AvgIpc) is 3.25. The largest absolute Gasteiger partial charge is 0.497 e. The lowest BCUT2D eigenvalue weighted by Crippen LogP contribution is -2.33. The van der Waals surface area contributed by atoms with E-state index in [1.54, 1.807) is 18.9 Å². The fourth-order valence-corrected chi connectivity index (χ4v) is 4.61. The van der Waals surface area contributed by atoms with Crippen LogP contribution >= 0.6 is 23.4 Å². The van der Waals surface area contributed by atoms with Crippen molar-refractivity contribution < 1.29 is 9.47 Å². The van der Waals surface area contributed by atoms with Gasteiger partial charge in [0, 0.05) is 33.0 Å². The molecule has 30 heavy (non-hydrogen) atoms. The summed E-state index contributed by atoms with van der Waals surface area (Å²) in [7, 11) is 1.68. The Bertz CT molecular complexity index is 1120. The summed E-state index contributed by atoms with van der Waals surface area (Å²) in [5, 5.41) is 7.78. The molecule has 0 saturated carbocycles. The number of ether oxygens (including phenoxy) is 2. The van der Waals surface area contributed by atoms with Gasteiger partial charge in [0.2, 0.25) is 6.23 Å². The van der Waals surface area contributed by atoms with E-state index in [-0.39, 0.29) is 12.3 Å². The molecule has 0 radical (unpaired) electrons. The molecule has 2 aliphatic heterocycles. The SMILES string of the molecule is COc1cccc(C2=NN3[C@@H](c4ccc(SC)cc4)Oc4ccc(Cl)cc4[C@@H]3C2)c1. The molecule has 152 valence electrons. The van der Waals surface area contributed by atoms with Crippen LogP contribution in [0.15, 0.2) is 76.7 Å². The van der Waals surface area contributed by atoms with Gasteiger partial charge in [0.25, 0.3) is 0 Å². The molecule has 2 aliphatic rings. The van der Waals surface area contributed by atoms with Crippen LogP contribution < -0.4 is 9.47 Å². The molecule has 0 aliphatic carbocycles. The van der Waals surface area contributed by atoms with Gasteiger partial charge in [-0.1, -0.05) is 35.9 Å². The minimum absolute atomic E-state index is 0.0684. The molecule has 3 aromatic rings. The van der Waals surface area contributed by atoms with E-state index in [0.29, 0.717) is 5.02 Å². The van der Waals surface area contributed by atoms with Gasteiger partial charge in [-0.3, -0.25) is 0 Å². The molecular formula is C24H21ClN2O2S. The van der Waals surface area contributed by atoms with Gasteiger partial charge in [-0.2, -0.15) is 5.10 Å². The average molecular weight is 437 g/mol. The quantitative estimate of drug-likeness (QED) is 0.448. The van der Waals surface area contributed by atoms with E-state index in [9.17, 15) is 0 Å². The van der Waals surface area contributed by atoms with E-state index < -0.39 is 0 Å². The first-order valence-corrected chi connectivity index (χ1v) is 11.4. The number of benzene rings is 3. The molecule has 2 atom stereocenters. The van der Waals surface area contributed by atoms with Gasteiger partial charge in [-0.25, -0.2) is 5.01 Å². The number of hydrogen-bond donors (Lipinski definition) is 0. The Morgan fingerprint density at radius 2 is 1.93 bits per heavy atom. The molecule has 2 heterocycles. The molecule has 3 aromatic carbocycles. The van der Waals surface area contributed by atoms with Gasteiger partial charge in [0.05, 0.1) is 18.9 Å². The topological polar surface area (TPSA) is 34.1 Å². The lowest BCUT2D eigenvalue weighted by molar-refractivity contribution is -0.0190. The second kappa shape index (κ2) is 7.89. The van der Waals surface area contributed by atoms with Crippen LogP contribution in [0.3, 0.4) is 0 Å². The van der Waals surface area contributed by atoms with Crippen LogP contribution in [0, 0.1) is 0 Å². The molecule has 0 aromatic heterocycles. The number of nitrogens with zero attached hydrogens (tertiary/aromatic N) is 2. The standard InChI is InChI=1S/C24H21ClN2O2S/c1-28-18-5-3-4-16(12-18)21-14-22-20-13-17(25)8-11-23(20)29-24(27(22)26-21)15-6-9-19(30-2)10-7-15/h3-13,22,24H,14H2,1-2H3/t22-,24+/m0/s1. The monoisotopic (exact) mass is 436 g/mol. The Kier molecular flexibility index (Phi) is 5.09. The molecule has 4 nitrogen and oxygen atoms in total. The summed E-state index contributed by atoms with van der Waals surface area (Å²) in [6.45, 7) is 0. The van der Waals surface area contributed by atoms with Gasteiger partial charge in [0.15, 0.2) is 0 Å². The lowest BCUT2D eigenvalue weighted by Gasteiger charge is -2.38. The van der Waals surface area contributed by atoms with Crippen molar-refractivity contribution in [1.82, 2.24) is 5.01 Å². The first kappa shape index (κ1) is 19.3. The molecule has 6 heteroatoms. The van der Waals surface area contributed by atoms with Crippen LogP contribution in [-0.4, -0.2) is 24.1 Å². The van der Waals surface area contributed by atoms with Gasteiger partial charge >= 0.3 is 0 Å². The highest BCUT2D eigenvalue weighted by molar-refractivity contribution is 7.98. The highest BCUT2D eigenvalue weighted by atomic mass is 35.5. The molecule has 0 fully saturated rings. The van der Waals surface area contributed by atoms with Crippen molar-refractivity contribution in [1.29, 1.82) is 0 Å². The van der Waals surface area contributed by atoms with Crippen molar-refractivity contribution >= 4 is 29.1 Å². The number of hydrazone groups is 1. The van der Waals surface area contributed by atoms with Crippen LogP contribution in [0.25, 0.3) is 0 Å². The molecule has 5 rings (SSSR count). The molecule has 0 bridgehead atoms.